The van der Waals surface area contributed by atoms with E-state index in [9.17, 15) is 0 Å². The number of fused-ring (bicyclic) bond motifs is 3. The largest absolute Gasteiger partial charge is 0.454 e. The summed E-state index contributed by atoms with van der Waals surface area (Å²) in [7, 11) is 0. The Hall–Kier alpha value is -2.59. The fourth-order valence-electron chi connectivity index (χ4n) is 2.46. The van der Waals surface area contributed by atoms with Crippen LogP contribution in [0.25, 0.3) is 31.7 Å². The van der Waals surface area contributed by atoms with Crippen LogP contribution in [0.15, 0.2) is 70.2 Å². The van der Waals surface area contributed by atoms with Gasteiger partial charge < -0.3 is 10.3 Å². The van der Waals surface area contributed by atoms with Gasteiger partial charge in [-0.2, -0.15) is 5.10 Å². The van der Waals surface area contributed by atoms with E-state index in [0.29, 0.717) is 0 Å². The van der Waals surface area contributed by atoms with Crippen LogP contribution in [0.4, 0.5) is 0 Å². The van der Waals surface area contributed by atoms with E-state index < -0.39 is 0 Å². The van der Waals surface area contributed by atoms with Crippen LogP contribution in [0.1, 0.15) is 0 Å². The third-order valence-electron chi connectivity index (χ3n) is 3.46. The molecular weight excluding hydrogens is 280 g/mol. The monoisotopic (exact) mass is 292 g/mol. The fraction of sp³-hybridized carbons (Fsp3) is 0. The second-order valence-electron chi connectivity index (χ2n) is 4.75. The molecule has 0 unspecified atom stereocenters. The summed E-state index contributed by atoms with van der Waals surface area (Å²) in [6, 6.07) is 20.1. The molecular formula is C17H12N2OS. The van der Waals surface area contributed by atoms with Crippen LogP contribution in [0, 0.1) is 0 Å². The maximum absolute atomic E-state index is 6.14. The molecule has 102 valence electrons. The predicted octanol–water partition coefficient (Wildman–Crippen LogP) is 4.09. The van der Waals surface area contributed by atoms with Crippen LogP contribution in [0.2, 0.25) is 0 Å². The van der Waals surface area contributed by atoms with E-state index >= 15 is 0 Å². The quantitative estimate of drug-likeness (QED) is 0.424. The molecule has 3 nitrogen and oxygen atoms in total. The van der Waals surface area contributed by atoms with Gasteiger partial charge in [0, 0.05) is 21.7 Å². The van der Waals surface area contributed by atoms with Crippen molar-refractivity contribution in [2.24, 2.45) is 10.9 Å². The Morgan fingerprint density at radius 1 is 0.952 bits per heavy atom. The standard InChI is InChI=1S/C17H12N2OS/c18-19-13-10-14(11-6-2-1-3-7-11)20-16-12-8-4-5-9-15(12)21-17(13)16/h1-10H,18H2/b19-13-. The number of hydrogen-bond acceptors (Lipinski definition) is 4. The molecule has 2 N–H and O–H groups in total. The second-order valence-corrected chi connectivity index (χ2v) is 5.80. The van der Waals surface area contributed by atoms with Crippen LogP contribution in [0.3, 0.4) is 0 Å². The topological polar surface area (TPSA) is 51.5 Å². The molecule has 0 aliphatic rings. The van der Waals surface area contributed by atoms with Gasteiger partial charge in [-0.3, -0.25) is 0 Å². The smallest absolute Gasteiger partial charge is 0.155 e. The van der Waals surface area contributed by atoms with Gasteiger partial charge in [0.1, 0.15) is 11.1 Å². The van der Waals surface area contributed by atoms with Crippen molar-refractivity contribution in [3.63, 3.8) is 0 Å². The fourth-order valence-corrected chi connectivity index (χ4v) is 3.56. The van der Waals surface area contributed by atoms with E-state index in [1.807, 2.05) is 48.5 Å². The molecule has 0 saturated carbocycles. The minimum absolute atomic E-state index is 0.760. The van der Waals surface area contributed by atoms with Crippen molar-refractivity contribution < 1.29 is 4.42 Å². The minimum Gasteiger partial charge on any atom is -0.454 e. The van der Waals surface area contributed by atoms with E-state index in [0.717, 1.165) is 32.4 Å². The molecule has 4 aromatic rings. The van der Waals surface area contributed by atoms with Gasteiger partial charge in [0.15, 0.2) is 5.58 Å². The third kappa shape index (κ3) is 1.92. The highest BCUT2D eigenvalue weighted by molar-refractivity contribution is 7.25. The summed E-state index contributed by atoms with van der Waals surface area (Å²) in [6.07, 6.45) is 0. The molecule has 0 fully saturated rings. The lowest BCUT2D eigenvalue weighted by molar-refractivity contribution is 0.622. The summed E-state index contributed by atoms with van der Waals surface area (Å²) < 4.78 is 8.30. The molecule has 2 aromatic carbocycles. The van der Waals surface area contributed by atoms with Gasteiger partial charge in [0.05, 0.1) is 4.70 Å². The average Bonchev–Trinajstić information content (AvgIpc) is 2.93. The Kier molecular flexibility index (Phi) is 2.75. The van der Waals surface area contributed by atoms with Crippen LogP contribution < -0.4 is 11.2 Å². The predicted molar refractivity (Wildman–Crippen MR) is 86.8 cm³/mol. The molecule has 0 aliphatic carbocycles. The van der Waals surface area contributed by atoms with E-state index in [1.165, 1.54) is 4.70 Å². The minimum atomic E-state index is 0.760. The highest BCUT2D eigenvalue weighted by Gasteiger charge is 2.11. The molecule has 0 amide bonds. The molecule has 0 bridgehead atoms. The van der Waals surface area contributed by atoms with Crippen molar-refractivity contribution in [3.8, 4) is 11.3 Å². The molecule has 2 aromatic heterocycles. The van der Waals surface area contributed by atoms with Crippen molar-refractivity contribution in [1.29, 1.82) is 0 Å². The maximum atomic E-state index is 6.14. The van der Waals surface area contributed by atoms with Crippen molar-refractivity contribution in [2.45, 2.75) is 0 Å². The Morgan fingerprint density at radius 2 is 1.71 bits per heavy atom. The van der Waals surface area contributed by atoms with Gasteiger partial charge in [-0.1, -0.05) is 42.5 Å². The van der Waals surface area contributed by atoms with Crippen LogP contribution in [-0.4, -0.2) is 0 Å². The number of benzene rings is 2. The molecule has 0 atom stereocenters. The summed E-state index contributed by atoms with van der Waals surface area (Å²) in [6.45, 7) is 0. The molecule has 0 aliphatic heterocycles. The Bertz CT molecular complexity index is 1000. The van der Waals surface area contributed by atoms with Gasteiger partial charge in [-0.05, 0) is 12.1 Å². The Morgan fingerprint density at radius 3 is 2.52 bits per heavy atom. The van der Waals surface area contributed by atoms with Crippen molar-refractivity contribution in [2.75, 3.05) is 0 Å². The van der Waals surface area contributed by atoms with Gasteiger partial charge in [-0.15, -0.1) is 11.3 Å². The molecule has 0 spiro atoms. The summed E-state index contributed by atoms with van der Waals surface area (Å²) in [5.74, 6) is 6.35. The number of thiophene rings is 1. The lowest BCUT2D eigenvalue weighted by Gasteiger charge is -2.01. The lowest BCUT2D eigenvalue weighted by Crippen LogP contribution is -2.05. The lowest BCUT2D eigenvalue weighted by atomic mass is 10.1. The van der Waals surface area contributed by atoms with Gasteiger partial charge in [0.2, 0.25) is 0 Å². The van der Waals surface area contributed by atoms with E-state index in [4.69, 9.17) is 10.3 Å². The summed E-state index contributed by atoms with van der Waals surface area (Å²) in [4.78, 5) is 0. The molecule has 4 rings (SSSR count). The zero-order valence-electron chi connectivity index (χ0n) is 11.1. The number of hydrogen-bond donors (Lipinski definition) is 1. The highest BCUT2D eigenvalue weighted by atomic mass is 32.1. The number of rotatable bonds is 1. The zero-order chi connectivity index (χ0) is 14.2. The van der Waals surface area contributed by atoms with Gasteiger partial charge >= 0.3 is 0 Å². The maximum Gasteiger partial charge on any atom is 0.155 e. The summed E-state index contributed by atoms with van der Waals surface area (Å²) in [5, 5.41) is 5.79. The number of nitrogens with zero attached hydrogens (tertiary/aromatic N) is 1. The molecule has 4 heteroatoms. The van der Waals surface area contributed by atoms with E-state index in [1.54, 1.807) is 11.3 Å². The molecule has 0 saturated heterocycles. The highest BCUT2D eigenvalue weighted by Crippen LogP contribution is 2.33. The first-order valence-corrected chi connectivity index (χ1v) is 7.43. The van der Waals surface area contributed by atoms with Gasteiger partial charge in [0.25, 0.3) is 0 Å². The first-order chi connectivity index (χ1) is 10.4. The zero-order valence-corrected chi connectivity index (χ0v) is 11.9. The van der Waals surface area contributed by atoms with Crippen molar-refractivity contribution in [1.82, 2.24) is 0 Å². The normalized spacial score (nSPS) is 12.3. The first kappa shape index (κ1) is 12.2. The third-order valence-corrected chi connectivity index (χ3v) is 4.63. The molecule has 0 radical (unpaired) electrons. The van der Waals surface area contributed by atoms with Crippen LogP contribution >= 0.6 is 11.3 Å². The molecule has 2 heterocycles. The van der Waals surface area contributed by atoms with Crippen molar-refractivity contribution in [3.05, 3.63) is 66.0 Å². The molecule has 21 heavy (non-hydrogen) atoms. The van der Waals surface area contributed by atoms with Crippen molar-refractivity contribution >= 4 is 31.7 Å². The SMILES string of the molecule is N/N=c1/cc(-c2ccccc2)oc2c1sc1ccccc12. The Balaban J connectivity index is 2.14. The Labute approximate surface area is 125 Å². The van der Waals surface area contributed by atoms with Crippen LogP contribution in [-0.2, 0) is 0 Å². The second kappa shape index (κ2) is 4.75. The number of nitrogens with two attached hydrogens (primary N) is 1. The van der Waals surface area contributed by atoms with E-state index in [-0.39, 0.29) is 0 Å². The van der Waals surface area contributed by atoms with Gasteiger partial charge in [-0.25, -0.2) is 0 Å². The first-order valence-electron chi connectivity index (χ1n) is 6.61. The average molecular weight is 292 g/mol. The summed E-state index contributed by atoms with van der Waals surface area (Å²) in [5.41, 5.74) is 1.86. The van der Waals surface area contributed by atoms with E-state index in [2.05, 4.69) is 17.2 Å². The summed E-state index contributed by atoms with van der Waals surface area (Å²) >= 11 is 1.65. The van der Waals surface area contributed by atoms with Crippen LogP contribution in [0.5, 0.6) is 0 Å².